The first kappa shape index (κ1) is 12.5. The molecular formula is C12H16O4. The van der Waals surface area contributed by atoms with Crippen molar-refractivity contribution in [3.05, 3.63) is 30.3 Å². The van der Waals surface area contributed by atoms with Gasteiger partial charge in [0.25, 0.3) is 0 Å². The molecule has 16 heavy (non-hydrogen) atoms. The Kier molecular flexibility index (Phi) is 6.03. The molecule has 0 spiro atoms. The lowest BCUT2D eigenvalue weighted by Gasteiger charge is -2.05. The van der Waals surface area contributed by atoms with Gasteiger partial charge in [-0.2, -0.15) is 0 Å². The van der Waals surface area contributed by atoms with Gasteiger partial charge in [-0.1, -0.05) is 25.1 Å². The van der Waals surface area contributed by atoms with Crippen LogP contribution in [0, 0.1) is 0 Å². The van der Waals surface area contributed by atoms with Crippen molar-refractivity contribution < 1.29 is 19.0 Å². The predicted molar refractivity (Wildman–Crippen MR) is 59.5 cm³/mol. The summed E-state index contributed by atoms with van der Waals surface area (Å²) in [6.45, 7) is 3.31. The highest BCUT2D eigenvalue weighted by atomic mass is 16.7. The lowest BCUT2D eigenvalue weighted by molar-refractivity contribution is 0.0523. The van der Waals surface area contributed by atoms with Crippen molar-refractivity contribution in [3.8, 4) is 5.75 Å². The maximum atomic E-state index is 11.1. The molecule has 1 rings (SSSR count). The first-order chi connectivity index (χ1) is 7.83. The lowest BCUT2D eigenvalue weighted by atomic mass is 10.3. The molecule has 0 unspecified atom stereocenters. The molecule has 0 saturated carbocycles. The molecule has 1 aromatic rings. The Morgan fingerprint density at radius 3 is 2.56 bits per heavy atom. The Hall–Kier alpha value is -1.55. The minimum Gasteiger partial charge on any atom is -0.432 e. The van der Waals surface area contributed by atoms with Crippen LogP contribution in [0.25, 0.3) is 0 Å². The highest BCUT2D eigenvalue weighted by Gasteiger charge is 2.04. The van der Waals surface area contributed by atoms with Crippen LogP contribution in [0.4, 0.5) is 4.79 Å². The quantitative estimate of drug-likeness (QED) is 0.423. The van der Waals surface area contributed by atoms with E-state index in [1.54, 1.807) is 24.3 Å². The van der Waals surface area contributed by atoms with Crippen molar-refractivity contribution >= 4 is 6.16 Å². The van der Waals surface area contributed by atoms with Gasteiger partial charge in [-0.25, -0.2) is 4.79 Å². The van der Waals surface area contributed by atoms with E-state index in [2.05, 4.69) is 0 Å². The Labute approximate surface area is 95.1 Å². The van der Waals surface area contributed by atoms with Crippen molar-refractivity contribution in [2.24, 2.45) is 0 Å². The van der Waals surface area contributed by atoms with Crippen LogP contribution in [-0.4, -0.2) is 26.0 Å². The van der Waals surface area contributed by atoms with Crippen molar-refractivity contribution in [2.45, 2.75) is 13.3 Å². The standard InChI is InChI=1S/C12H16O4/c1-2-8-14-9-10-15-12(13)16-11-6-4-3-5-7-11/h3-7H,2,8-10H2,1H3. The summed E-state index contributed by atoms with van der Waals surface area (Å²) in [5, 5.41) is 0. The van der Waals surface area contributed by atoms with Crippen molar-refractivity contribution in [3.63, 3.8) is 0 Å². The molecule has 0 aliphatic heterocycles. The third-order valence-electron chi connectivity index (χ3n) is 1.74. The van der Waals surface area contributed by atoms with Crippen LogP contribution in [0.2, 0.25) is 0 Å². The molecule has 0 saturated heterocycles. The zero-order valence-electron chi connectivity index (χ0n) is 9.35. The fraction of sp³-hybridized carbons (Fsp3) is 0.417. The van der Waals surface area contributed by atoms with Gasteiger partial charge in [0.15, 0.2) is 0 Å². The fourth-order valence-electron chi connectivity index (χ4n) is 1.04. The Bertz CT molecular complexity index is 297. The summed E-state index contributed by atoms with van der Waals surface area (Å²) in [5.41, 5.74) is 0. The highest BCUT2D eigenvalue weighted by Crippen LogP contribution is 2.08. The summed E-state index contributed by atoms with van der Waals surface area (Å²) in [7, 11) is 0. The number of carbonyl (C=O) groups excluding carboxylic acids is 1. The van der Waals surface area contributed by atoms with Crippen LogP contribution in [0.3, 0.4) is 0 Å². The van der Waals surface area contributed by atoms with E-state index in [0.717, 1.165) is 6.42 Å². The first-order valence-electron chi connectivity index (χ1n) is 5.30. The van der Waals surface area contributed by atoms with Crippen LogP contribution in [0.15, 0.2) is 30.3 Å². The van der Waals surface area contributed by atoms with Crippen LogP contribution < -0.4 is 4.74 Å². The molecule has 0 amide bonds. The Balaban J connectivity index is 2.12. The smallest absolute Gasteiger partial charge is 0.432 e. The summed E-state index contributed by atoms with van der Waals surface area (Å²) in [6, 6.07) is 8.79. The molecule has 1 aromatic carbocycles. The van der Waals surface area contributed by atoms with Crippen LogP contribution in [-0.2, 0) is 9.47 Å². The van der Waals surface area contributed by atoms with E-state index in [0.29, 0.717) is 19.0 Å². The molecule has 0 aliphatic carbocycles. The number of ether oxygens (including phenoxy) is 3. The zero-order valence-corrected chi connectivity index (χ0v) is 9.35. The Morgan fingerprint density at radius 1 is 1.12 bits per heavy atom. The molecule has 0 N–H and O–H groups in total. The number of hydrogen-bond acceptors (Lipinski definition) is 4. The number of benzene rings is 1. The zero-order chi connectivity index (χ0) is 11.6. The highest BCUT2D eigenvalue weighted by molar-refractivity contribution is 5.63. The number of carbonyl (C=O) groups is 1. The topological polar surface area (TPSA) is 44.8 Å². The van der Waals surface area contributed by atoms with Gasteiger partial charge in [0, 0.05) is 6.61 Å². The van der Waals surface area contributed by atoms with Crippen LogP contribution >= 0.6 is 0 Å². The molecular weight excluding hydrogens is 208 g/mol. The van der Waals surface area contributed by atoms with Gasteiger partial charge >= 0.3 is 6.16 Å². The average molecular weight is 224 g/mol. The van der Waals surface area contributed by atoms with E-state index < -0.39 is 6.16 Å². The first-order valence-corrected chi connectivity index (χ1v) is 5.30. The molecule has 4 nitrogen and oxygen atoms in total. The third-order valence-corrected chi connectivity index (χ3v) is 1.74. The third kappa shape index (κ3) is 5.36. The summed E-state index contributed by atoms with van der Waals surface area (Å²) in [6.07, 6.45) is 0.250. The lowest BCUT2D eigenvalue weighted by Crippen LogP contribution is -2.14. The van der Waals surface area contributed by atoms with Gasteiger partial charge in [0.1, 0.15) is 12.4 Å². The molecule has 0 atom stereocenters. The van der Waals surface area contributed by atoms with Gasteiger partial charge in [0.2, 0.25) is 0 Å². The van der Waals surface area contributed by atoms with E-state index >= 15 is 0 Å². The van der Waals surface area contributed by atoms with E-state index in [4.69, 9.17) is 14.2 Å². The average Bonchev–Trinajstić information content (AvgIpc) is 2.30. The summed E-state index contributed by atoms with van der Waals surface area (Å²) >= 11 is 0. The molecule has 0 fully saturated rings. The van der Waals surface area contributed by atoms with Gasteiger partial charge in [-0.05, 0) is 18.6 Å². The second kappa shape index (κ2) is 7.70. The number of para-hydroxylation sites is 1. The normalized spacial score (nSPS) is 9.81. The van der Waals surface area contributed by atoms with Gasteiger partial charge in [0.05, 0.1) is 6.61 Å². The molecule has 0 aromatic heterocycles. The number of hydrogen-bond donors (Lipinski definition) is 0. The molecule has 0 aliphatic rings. The molecule has 0 radical (unpaired) electrons. The van der Waals surface area contributed by atoms with E-state index in [1.807, 2.05) is 13.0 Å². The summed E-state index contributed by atoms with van der Waals surface area (Å²) in [5.74, 6) is 0.474. The molecule has 0 heterocycles. The Morgan fingerprint density at radius 2 is 1.88 bits per heavy atom. The van der Waals surface area contributed by atoms with Crippen molar-refractivity contribution in [2.75, 3.05) is 19.8 Å². The minimum atomic E-state index is -0.703. The summed E-state index contributed by atoms with van der Waals surface area (Å²) in [4.78, 5) is 11.1. The fourth-order valence-corrected chi connectivity index (χ4v) is 1.04. The van der Waals surface area contributed by atoms with Crippen LogP contribution in [0.5, 0.6) is 5.75 Å². The molecule has 4 heteroatoms. The SMILES string of the molecule is CCCOCCOC(=O)Oc1ccccc1. The molecule has 88 valence electrons. The second-order valence-electron chi connectivity index (χ2n) is 3.13. The van der Waals surface area contributed by atoms with Gasteiger partial charge in [-0.15, -0.1) is 0 Å². The maximum absolute atomic E-state index is 11.1. The van der Waals surface area contributed by atoms with Crippen molar-refractivity contribution in [1.82, 2.24) is 0 Å². The van der Waals surface area contributed by atoms with Gasteiger partial charge in [-0.3, -0.25) is 0 Å². The monoisotopic (exact) mass is 224 g/mol. The summed E-state index contributed by atoms with van der Waals surface area (Å²) < 4.78 is 14.9. The molecule has 0 bridgehead atoms. The number of rotatable bonds is 6. The van der Waals surface area contributed by atoms with Crippen LogP contribution in [0.1, 0.15) is 13.3 Å². The second-order valence-corrected chi connectivity index (χ2v) is 3.13. The maximum Gasteiger partial charge on any atom is 0.513 e. The van der Waals surface area contributed by atoms with E-state index in [-0.39, 0.29) is 6.61 Å². The van der Waals surface area contributed by atoms with E-state index in [9.17, 15) is 4.79 Å². The van der Waals surface area contributed by atoms with Gasteiger partial charge < -0.3 is 14.2 Å². The largest absolute Gasteiger partial charge is 0.513 e. The minimum absolute atomic E-state index is 0.214. The van der Waals surface area contributed by atoms with E-state index in [1.165, 1.54) is 0 Å². The van der Waals surface area contributed by atoms with Crippen molar-refractivity contribution in [1.29, 1.82) is 0 Å². The predicted octanol–water partition coefficient (Wildman–Crippen LogP) is 2.63.